The molecule has 6 atom stereocenters. The highest BCUT2D eigenvalue weighted by molar-refractivity contribution is 7.80. The molecular weight excluding hydrogens is 981 g/mol. The van der Waals surface area contributed by atoms with Gasteiger partial charge in [-0.15, -0.1) is 0 Å². The van der Waals surface area contributed by atoms with Gasteiger partial charge in [0, 0.05) is 13.0 Å². The number of aliphatic hydroxyl groups is 3. The summed E-state index contributed by atoms with van der Waals surface area (Å²) >= 11 is 0. The second-order valence-electron chi connectivity index (χ2n) is 20.2. The Labute approximate surface area is 463 Å². The van der Waals surface area contributed by atoms with Crippen LogP contribution in [0.2, 0.25) is 0 Å². The zero-order chi connectivity index (χ0) is 55.3. The van der Waals surface area contributed by atoms with Gasteiger partial charge < -0.3 is 34.3 Å². The Bertz CT molecular complexity index is 1680. The molecule has 13 heteroatoms. The summed E-state index contributed by atoms with van der Waals surface area (Å²) in [5, 5.41) is 30.9. The van der Waals surface area contributed by atoms with Crippen LogP contribution in [0, 0.1) is 0 Å². The van der Waals surface area contributed by atoms with Crippen molar-refractivity contribution in [3.8, 4) is 0 Å². The fraction of sp³-hybridized carbons (Fsp3) is 0.730. The number of carbonyl (C=O) groups excluding carboxylic acids is 1. The first-order chi connectivity index (χ1) is 37.1. The molecule has 1 aliphatic heterocycles. The van der Waals surface area contributed by atoms with Crippen LogP contribution in [0.15, 0.2) is 97.2 Å². The van der Waals surface area contributed by atoms with Crippen molar-refractivity contribution in [3.05, 3.63) is 97.2 Å². The Morgan fingerprint density at radius 2 is 0.908 bits per heavy atom. The molecule has 0 amide bonds. The number of unbranched alkanes of at least 4 members (excludes halogenated alkanes) is 23. The summed E-state index contributed by atoms with van der Waals surface area (Å²) in [5.41, 5.74) is 0. The van der Waals surface area contributed by atoms with Crippen molar-refractivity contribution < 1.29 is 56.2 Å². The Balaban J connectivity index is 2.30. The minimum atomic E-state index is -5.08. The molecule has 4 N–H and O–H groups in total. The summed E-state index contributed by atoms with van der Waals surface area (Å²) in [6, 6.07) is 0. The number of hydrogen-bond donors (Lipinski definition) is 4. The van der Waals surface area contributed by atoms with Crippen molar-refractivity contribution in [3.63, 3.8) is 0 Å². The van der Waals surface area contributed by atoms with E-state index < -0.39 is 59.8 Å². The lowest BCUT2D eigenvalue weighted by atomic mass is 9.99. The third-order valence-corrected chi connectivity index (χ3v) is 13.7. The van der Waals surface area contributed by atoms with Gasteiger partial charge in [-0.05, 0) is 96.3 Å². The van der Waals surface area contributed by atoms with Crippen LogP contribution in [0.3, 0.4) is 0 Å². The summed E-state index contributed by atoms with van der Waals surface area (Å²) in [5.74, 6) is -0.409. The van der Waals surface area contributed by atoms with E-state index in [2.05, 4.69) is 115 Å². The van der Waals surface area contributed by atoms with E-state index in [4.69, 9.17) is 18.9 Å². The van der Waals surface area contributed by atoms with Crippen LogP contribution in [0.1, 0.15) is 232 Å². The summed E-state index contributed by atoms with van der Waals surface area (Å²) in [6.45, 7) is 3.86. The molecule has 438 valence electrons. The fourth-order valence-corrected chi connectivity index (χ4v) is 9.22. The minimum absolute atomic E-state index is 0.0245. The van der Waals surface area contributed by atoms with E-state index >= 15 is 0 Å². The molecule has 1 saturated heterocycles. The highest BCUT2D eigenvalue weighted by Gasteiger charge is 2.48. The monoisotopic (exact) mass is 1090 g/mol. The standard InChI is InChI=1S/C63H108O12S/c1-3-5-7-9-11-13-15-17-19-21-23-25-27-28-29-31-33-35-37-39-41-43-45-47-49-51-53-71-55-57(56-72-63-61(67)62(75-76(68,69)70)60(66)58(54-64)74-63)73-59(65)52-50-48-46-44-42-40-38-36-34-32-30-26-24-22-20-18-16-14-12-10-8-6-4-2/h5,7,11,13,16-19,22-25,28-30,32,57-58,60-64,66-67H,3-4,6,8-10,12,14-15,20-21,26-27,31,33-56H2,1-2H3,(H,68,69,70)/b7-5-,13-11-,18-16-,19-17-,24-22-,25-23-,29-28-,32-30-. The maximum atomic E-state index is 13.0. The zero-order valence-electron chi connectivity index (χ0n) is 47.5. The Kier molecular flexibility index (Phi) is 49.3. The summed E-state index contributed by atoms with van der Waals surface area (Å²) in [7, 11) is -5.08. The highest BCUT2D eigenvalue weighted by atomic mass is 32.3. The minimum Gasteiger partial charge on any atom is -0.457 e. The molecule has 1 heterocycles. The van der Waals surface area contributed by atoms with Crippen LogP contribution in [-0.2, 0) is 38.3 Å². The first kappa shape index (κ1) is 71.0. The van der Waals surface area contributed by atoms with Gasteiger partial charge in [0.05, 0.1) is 19.8 Å². The van der Waals surface area contributed by atoms with E-state index in [1.165, 1.54) is 109 Å². The number of aliphatic hydroxyl groups excluding tert-OH is 3. The van der Waals surface area contributed by atoms with E-state index in [9.17, 15) is 33.1 Å². The third kappa shape index (κ3) is 44.9. The van der Waals surface area contributed by atoms with Gasteiger partial charge in [-0.3, -0.25) is 9.35 Å². The topological polar surface area (TPSA) is 178 Å². The van der Waals surface area contributed by atoms with Crippen molar-refractivity contribution in [2.45, 2.75) is 269 Å². The summed E-state index contributed by atoms with van der Waals surface area (Å²) in [4.78, 5) is 13.0. The van der Waals surface area contributed by atoms with Crippen molar-refractivity contribution in [1.29, 1.82) is 0 Å². The second-order valence-corrected chi connectivity index (χ2v) is 21.3. The van der Waals surface area contributed by atoms with Gasteiger partial charge in [0.1, 0.15) is 30.5 Å². The largest absolute Gasteiger partial charge is 0.457 e. The number of carbonyl (C=O) groups is 1. The number of esters is 1. The predicted octanol–water partition coefficient (Wildman–Crippen LogP) is 15.3. The summed E-state index contributed by atoms with van der Waals surface area (Å²) < 4.78 is 59.5. The molecule has 1 aliphatic rings. The summed E-state index contributed by atoms with van der Waals surface area (Å²) in [6.07, 6.45) is 64.4. The van der Waals surface area contributed by atoms with Crippen molar-refractivity contribution in [1.82, 2.24) is 0 Å². The van der Waals surface area contributed by atoms with Crippen molar-refractivity contribution in [2.75, 3.05) is 26.4 Å². The molecule has 1 fully saturated rings. The highest BCUT2D eigenvalue weighted by Crippen LogP contribution is 2.26. The van der Waals surface area contributed by atoms with Crippen LogP contribution in [0.25, 0.3) is 0 Å². The van der Waals surface area contributed by atoms with Gasteiger partial charge >= 0.3 is 16.4 Å². The molecule has 0 radical (unpaired) electrons. The lowest BCUT2D eigenvalue weighted by Crippen LogP contribution is -2.60. The van der Waals surface area contributed by atoms with Gasteiger partial charge in [0.15, 0.2) is 6.29 Å². The molecule has 0 aromatic heterocycles. The number of allylic oxidation sites excluding steroid dienone is 16. The first-order valence-electron chi connectivity index (χ1n) is 30.0. The predicted molar refractivity (Wildman–Crippen MR) is 312 cm³/mol. The van der Waals surface area contributed by atoms with Gasteiger partial charge in [-0.1, -0.05) is 227 Å². The Hall–Kier alpha value is -2.98. The average Bonchev–Trinajstić information content (AvgIpc) is 3.40. The smallest absolute Gasteiger partial charge is 0.397 e. The van der Waals surface area contributed by atoms with Crippen molar-refractivity contribution in [2.24, 2.45) is 0 Å². The van der Waals surface area contributed by atoms with Crippen LogP contribution in [-0.4, -0.2) is 97.5 Å². The molecule has 0 saturated carbocycles. The van der Waals surface area contributed by atoms with Crippen LogP contribution in [0.5, 0.6) is 0 Å². The Morgan fingerprint density at radius 1 is 0.513 bits per heavy atom. The second kappa shape index (κ2) is 52.7. The van der Waals surface area contributed by atoms with E-state index in [1.54, 1.807) is 0 Å². The molecule has 0 aromatic carbocycles. The van der Waals surface area contributed by atoms with Gasteiger partial charge in [0.2, 0.25) is 0 Å². The molecule has 0 spiro atoms. The number of ether oxygens (including phenoxy) is 4. The fourth-order valence-electron chi connectivity index (χ4n) is 8.71. The number of hydrogen-bond acceptors (Lipinski definition) is 11. The van der Waals surface area contributed by atoms with E-state index in [-0.39, 0.29) is 19.6 Å². The van der Waals surface area contributed by atoms with E-state index in [0.717, 1.165) is 96.3 Å². The quantitative estimate of drug-likeness (QED) is 0.0196. The SMILES string of the molecule is CC/C=C\C/C=C\C/C=C\C/C=C\C/C=C\CCCCCCCCCCCCOCC(COC1OC(CO)C(O)C(OS(=O)(=O)O)C1O)OC(=O)CCCCCCCCCC/C=C\C/C=C\C/C=C\CCCCCCC. The Morgan fingerprint density at radius 3 is 1.33 bits per heavy atom. The van der Waals surface area contributed by atoms with Crippen LogP contribution < -0.4 is 0 Å². The van der Waals surface area contributed by atoms with Gasteiger partial charge in [-0.2, -0.15) is 8.42 Å². The normalized spacial score (nSPS) is 19.3. The van der Waals surface area contributed by atoms with E-state index in [1.807, 2.05) is 0 Å². The number of rotatable bonds is 52. The first-order valence-corrected chi connectivity index (χ1v) is 31.4. The molecule has 12 nitrogen and oxygen atoms in total. The lowest BCUT2D eigenvalue weighted by molar-refractivity contribution is -0.301. The molecule has 0 bridgehead atoms. The van der Waals surface area contributed by atoms with Gasteiger partial charge in [-0.25, -0.2) is 4.18 Å². The van der Waals surface area contributed by atoms with E-state index in [0.29, 0.717) is 13.0 Å². The molecule has 1 rings (SSSR count). The maximum Gasteiger partial charge on any atom is 0.397 e. The van der Waals surface area contributed by atoms with Crippen LogP contribution >= 0.6 is 0 Å². The maximum absolute atomic E-state index is 13.0. The van der Waals surface area contributed by atoms with Crippen LogP contribution in [0.4, 0.5) is 0 Å². The van der Waals surface area contributed by atoms with Gasteiger partial charge in [0.25, 0.3) is 0 Å². The van der Waals surface area contributed by atoms with Crippen molar-refractivity contribution >= 4 is 16.4 Å². The molecule has 76 heavy (non-hydrogen) atoms. The molecule has 0 aliphatic carbocycles. The molecule has 6 unspecified atom stereocenters. The third-order valence-electron chi connectivity index (χ3n) is 13.2. The zero-order valence-corrected chi connectivity index (χ0v) is 48.4. The lowest BCUT2D eigenvalue weighted by Gasteiger charge is -2.41. The average molecular weight is 1090 g/mol. The molecule has 0 aromatic rings. The molecular formula is C63H108O12S.